The molecule has 1 saturated heterocycles. The van der Waals surface area contributed by atoms with Crippen LogP contribution < -0.4 is 15.1 Å². The van der Waals surface area contributed by atoms with E-state index in [2.05, 4.69) is 15.3 Å². The number of hydrogen-bond donors (Lipinski definition) is 2. The lowest BCUT2D eigenvalue weighted by Gasteiger charge is -2.33. The predicted octanol–water partition coefficient (Wildman–Crippen LogP) is 1.03. The minimum atomic E-state index is 0.0420. The van der Waals surface area contributed by atoms with Crippen molar-refractivity contribution in [2.75, 3.05) is 42.9 Å². The second kappa shape index (κ2) is 7.45. The Kier molecular flexibility index (Phi) is 5.30. The van der Waals surface area contributed by atoms with Crippen LogP contribution in [-0.4, -0.2) is 48.4 Å². The van der Waals surface area contributed by atoms with Crippen LogP contribution in [0.5, 0.6) is 0 Å². The van der Waals surface area contributed by atoms with Crippen molar-refractivity contribution in [1.29, 1.82) is 0 Å². The summed E-state index contributed by atoms with van der Waals surface area (Å²) in [5.74, 6) is 0.0420. The number of aryl methyl sites for hydroxylation is 2. The van der Waals surface area contributed by atoms with Crippen LogP contribution in [0, 0.1) is 13.8 Å². The third-order valence-electron chi connectivity index (χ3n) is 4.85. The summed E-state index contributed by atoms with van der Waals surface area (Å²) in [6, 6.07) is 7.92. The Labute approximate surface area is 153 Å². The van der Waals surface area contributed by atoms with Crippen LogP contribution in [0.2, 0.25) is 5.02 Å². The Morgan fingerprint density at radius 3 is 2.56 bits per heavy atom. The molecular weight excluding hydrogens is 338 g/mol. The fourth-order valence-electron chi connectivity index (χ4n) is 3.31. The largest absolute Gasteiger partial charge is 0.359 e. The molecule has 0 radical (unpaired) electrons. The van der Waals surface area contributed by atoms with Crippen molar-refractivity contribution in [3.63, 3.8) is 0 Å². The SMILES string of the molecule is Cc1nn(C)c(C)c1NC(=O)C[NH+]1CCN(c2ccccc2Cl)CC1. The quantitative estimate of drug-likeness (QED) is 0.854. The van der Waals surface area contributed by atoms with E-state index in [9.17, 15) is 4.79 Å². The molecular formula is C18H25ClN5O+. The fraction of sp³-hybridized carbons (Fsp3) is 0.444. The smallest absolute Gasteiger partial charge is 0.279 e. The maximum absolute atomic E-state index is 12.4. The van der Waals surface area contributed by atoms with Crippen LogP contribution in [-0.2, 0) is 11.8 Å². The average molecular weight is 363 g/mol. The van der Waals surface area contributed by atoms with Gasteiger partial charge in [0.2, 0.25) is 0 Å². The highest BCUT2D eigenvalue weighted by molar-refractivity contribution is 6.33. The standard InChI is InChI=1S/C18H24ClN5O/c1-13-18(14(2)22(3)21-13)20-17(25)12-23-8-10-24(11-9-23)16-7-5-4-6-15(16)19/h4-7H,8-12H2,1-3H3,(H,20,25)/p+1. The molecule has 2 heterocycles. The van der Waals surface area contributed by atoms with Gasteiger partial charge in [-0.15, -0.1) is 0 Å². The molecule has 1 fully saturated rings. The van der Waals surface area contributed by atoms with Gasteiger partial charge in [0.25, 0.3) is 5.91 Å². The Morgan fingerprint density at radius 2 is 1.96 bits per heavy atom. The number of nitrogens with one attached hydrogen (secondary N) is 2. The average Bonchev–Trinajstić information content (AvgIpc) is 2.82. The number of aromatic nitrogens is 2. The van der Waals surface area contributed by atoms with Crippen LogP contribution in [0.25, 0.3) is 0 Å². The van der Waals surface area contributed by atoms with E-state index < -0.39 is 0 Å². The number of halogens is 1. The molecule has 2 N–H and O–H groups in total. The molecule has 134 valence electrons. The molecule has 1 aliphatic rings. The van der Waals surface area contributed by atoms with E-state index in [4.69, 9.17) is 11.6 Å². The van der Waals surface area contributed by atoms with Crippen LogP contribution >= 0.6 is 11.6 Å². The lowest BCUT2D eigenvalue weighted by atomic mass is 10.2. The van der Waals surface area contributed by atoms with Gasteiger partial charge >= 0.3 is 0 Å². The molecule has 1 aromatic carbocycles. The number of hydrogen-bond acceptors (Lipinski definition) is 3. The van der Waals surface area contributed by atoms with Crippen molar-refractivity contribution in [1.82, 2.24) is 9.78 Å². The van der Waals surface area contributed by atoms with Gasteiger partial charge in [0.15, 0.2) is 6.54 Å². The van der Waals surface area contributed by atoms with Crippen LogP contribution in [0.4, 0.5) is 11.4 Å². The number of nitrogens with zero attached hydrogens (tertiary/aromatic N) is 3. The van der Waals surface area contributed by atoms with Crippen LogP contribution in [0.15, 0.2) is 24.3 Å². The number of carbonyl (C=O) groups excluding carboxylic acids is 1. The van der Waals surface area contributed by atoms with E-state index in [1.807, 2.05) is 45.2 Å². The van der Waals surface area contributed by atoms with E-state index in [0.717, 1.165) is 54.0 Å². The molecule has 1 amide bonds. The molecule has 0 spiro atoms. The molecule has 0 unspecified atom stereocenters. The molecule has 0 aliphatic carbocycles. The van der Waals surface area contributed by atoms with Crippen molar-refractivity contribution in [2.24, 2.45) is 7.05 Å². The van der Waals surface area contributed by atoms with E-state index in [0.29, 0.717) is 6.54 Å². The molecule has 0 atom stereocenters. The minimum Gasteiger partial charge on any atom is -0.359 e. The summed E-state index contributed by atoms with van der Waals surface area (Å²) >= 11 is 6.28. The zero-order valence-electron chi connectivity index (χ0n) is 15.0. The van der Waals surface area contributed by atoms with E-state index in [-0.39, 0.29) is 5.91 Å². The maximum atomic E-state index is 12.4. The van der Waals surface area contributed by atoms with Gasteiger partial charge in [-0.3, -0.25) is 9.48 Å². The second-order valence-electron chi connectivity index (χ2n) is 6.58. The van der Waals surface area contributed by atoms with Crippen molar-refractivity contribution in [3.8, 4) is 0 Å². The van der Waals surface area contributed by atoms with Crippen molar-refractivity contribution in [3.05, 3.63) is 40.7 Å². The summed E-state index contributed by atoms with van der Waals surface area (Å²) < 4.78 is 1.79. The topological polar surface area (TPSA) is 54.6 Å². The lowest BCUT2D eigenvalue weighted by Crippen LogP contribution is -3.15. The molecule has 1 aliphatic heterocycles. The molecule has 0 bridgehead atoms. The first kappa shape index (κ1) is 17.8. The van der Waals surface area contributed by atoms with E-state index in [1.165, 1.54) is 4.90 Å². The van der Waals surface area contributed by atoms with Gasteiger partial charge in [0.1, 0.15) is 0 Å². The number of amides is 1. The molecule has 0 saturated carbocycles. The fourth-order valence-corrected chi connectivity index (χ4v) is 3.57. The highest BCUT2D eigenvalue weighted by Gasteiger charge is 2.24. The monoisotopic (exact) mass is 362 g/mol. The Morgan fingerprint density at radius 1 is 1.28 bits per heavy atom. The van der Waals surface area contributed by atoms with Crippen molar-refractivity contribution >= 4 is 28.9 Å². The number of rotatable bonds is 4. The van der Waals surface area contributed by atoms with Gasteiger partial charge in [0, 0.05) is 7.05 Å². The molecule has 7 heteroatoms. The molecule has 2 aromatic rings. The molecule has 25 heavy (non-hydrogen) atoms. The van der Waals surface area contributed by atoms with Crippen LogP contribution in [0.3, 0.4) is 0 Å². The van der Waals surface area contributed by atoms with Gasteiger partial charge in [-0.05, 0) is 26.0 Å². The lowest BCUT2D eigenvalue weighted by molar-refractivity contribution is -0.892. The summed E-state index contributed by atoms with van der Waals surface area (Å²) in [5.41, 5.74) is 3.74. The number of anilines is 2. The maximum Gasteiger partial charge on any atom is 0.279 e. The third kappa shape index (κ3) is 3.96. The third-order valence-corrected chi connectivity index (χ3v) is 5.17. The Balaban J connectivity index is 1.54. The highest BCUT2D eigenvalue weighted by atomic mass is 35.5. The van der Waals surface area contributed by atoms with Gasteiger partial charge in [0.05, 0.1) is 54.0 Å². The number of benzene rings is 1. The summed E-state index contributed by atoms with van der Waals surface area (Å²) in [6.07, 6.45) is 0. The normalized spacial score (nSPS) is 15.4. The summed E-state index contributed by atoms with van der Waals surface area (Å²) in [5, 5.41) is 8.14. The number of piperazine rings is 1. The predicted molar refractivity (Wildman–Crippen MR) is 101 cm³/mol. The van der Waals surface area contributed by atoms with E-state index >= 15 is 0 Å². The first-order valence-corrected chi connectivity index (χ1v) is 8.96. The Bertz CT molecular complexity index is 765. The summed E-state index contributed by atoms with van der Waals surface area (Å²) in [4.78, 5) is 16.0. The summed E-state index contributed by atoms with van der Waals surface area (Å²) in [7, 11) is 1.89. The first-order valence-electron chi connectivity index (χ1n) is 8.59. The van der Waals surface area contributed by atoms with E-state index in [1.54, 1.807) is 4.68 Å². The second-order valence-corrected chi connectivity index (χ2v) is 6.99. The number of quaternary nitrogens is 1. The Hall–Kier alpha value is -2.05. The van der Waals surface area contributed by atoms with Gasteiger partial charge in [-0.25, -0.2) is 0 Å². The first-order chi connectivity index (χ1) is 12.0. The number of carbonyl (C=O) groups is 1. The molecule has 6 nitrogen and oxygen atoms in total. The van der Waals surface area contributed by atoms with Crippen molar-refractivity contribution in [2.45, 2.75) is 13.8 Å². The van der Waals surface area contributed by atoms with Gasteiger partial charge in [-0.1, -0.05) is 23.7 Å². The molecule has 3 rings (SSSR count). The van der Waals surface area contributed by atoms with Gasteiger partial charge in [-0.2, -0.15) is 5.10 Å². The van der Waals surface area contributed by atoms with Gasteiger partial charge < -0.3 is 15.1 Å². The summed E-state index contributed by atoms with van der Waals surface area (Å²) in [6.45, 7) is 7.99. The van der Waals surface area contributed by atoms with Crippen molar-refractivity contribution < 1.29 is 9.69 Å². The minimum absolute atomic E-state index is 0.0420. The zero-order valence-corrected chi connectivity index (χ0v) is 15.7. The van der Waals surface area contributed by atoms with Crippen LogP contribution in [0.1, 0.15) is 11.4 Å². The number of para-hydroxylation sites is 1. The molecule has 1 aromatic heterocycles. The zero-order chi connectivity index (χ0) is 18.0. The highest BCUT2D eigenvalue weighted by Crippen LogP contribution is 2.24.